The average molecular weight is 328 g/mol. The normalized spacial score (nSPS) is 14.3. The highest BCUT2D eigenvalue weighted by atomic mass is 16.5. The molecule has 1 fully saturated rings. The number of benzene rings is 1. The Labute approximate surface area is 140 Å². The van der Waals surface area contributed by atoms with E-state index >= 15 is 0 Å². The Kier molecular flexibility index (Phi) is 4.90. The van der Waals surface area contributed by atoms with Crippen molar-refractivity contribution in [3.63, 3.8) is 0 Å². The van der Waals surface area contributed by atoms with Crippen LogP contribution in [0.5, 0.6) is 5.75 Å². The molecule has 24 heavy (non-hydrogen) atoms. The lowest BCUT2D eigenvalue weighted by Gasteiger charge is -2.28. The van der Waals surface area contributed by atoms with E-state index < -0.39 is 0 Å². The maximum atomic E-state index is 12.5. The van der Waals surface area contributed by atoms with Crippen molar-refractivity contribution in [2.45, 2.75) is 6.92 Å². The Hall–Kier alpha value is -2.67. The molecular weight excluding hydrogens is 308 g/mol. The molecule has 1 N–H and O–H groups in total. The van der Waals surface area contributed by atoms with Gasteiger partial charge in [-0.3, -0.25) is 4.79 Å². The molecule has 1 aliphatic heterocycles. The fourth-order valence-corrected chi connectivity index (χ4v) is 2.49. The van der Waals surface area contributed by atoms with Gasteiger partial charge in [0.2, 0.25) is 0 Å². The van der Waals surface area contributed by atoms with E-state index in [2.05, 4.69) is 20.2 Å². The van der Waals surface area contributed by atoms with Crippen LogP contribution in [0.2, 0.25) is 0 Å². The summed E-state index contributed by atoms with van der Waals surface area (Å²) in [7, 11) is 1.60. The number of methoxy groups -OCH3 is 1. The van der Waals surface area contributed by atoms with Crippen molar-refractivity contribution >= 4 is 17.4 Å². The van der Waals surface area contributed by atoms with Gasteiger partial charge in [-0.1, -0.05) is 0 Å². The summed E-state index contributed by atoms with van der Waals surface area (Å²) in [4.78, 5) is 23.3. The summed E-state index contributed by atoms with van der Waals surface area (Å²) in [5.41, 5.74) is 1.03. The van der Waals surface area contributed by atoms with Gasteiger partial charge in [0.05, 0.1) is 20.3 Å². The van der Waals surface area contributed by atoms with Gasteiger partial charge < -0.3 is 19.7 Å². The van der Waals surface area contributed by atoms with Gasteiger partial charge in [-0.2, -0.15) is 0 Å². The smallest absolute Gasteiger partial charge is 0.274 e. The van der Waals surface area contributed by atoms with Gasteiger partial charge in [-0.15, -0.1) is 0 Å². The first kappa shape index (κ1) is 16.2. The Morgan fingerprint density at radius 2 is 1.92 bits per heavy atom. The number of aryl methyl sites for hydroxylation is 1. The lowest BCUT2D eigenvalue weighted by atomic mass is 10.2. The molecule has 1 aliphatic rings. The van der Waals surface area contributed by atoms with E-state index in [9.17, 15) is 4.79 Å². The van der Waals surface area contributed by atoms with Gasteiger partial charge in [0, 0.05) is 24.8 Å². The van der Waals surface area contributed by atoms with Crippen LogP contribution in [0.25, 0.3) is 0 Å². The maximum absolute atomic E-state index is 12.5. The van der Waals surface area contributed by atoms with Crippen molar-refractivity contribution in [1.29, 1.82) is 0 Å². The third-order valence-electron chi connectivity index (χ3n) is 3.74. The fraction of sp³-hybridized carbons (Fsp3) is 0.353. The van der Waals surface area contributed by atoms with Gasteiger partial charge >= 0.3 is 0 Å². The SMILES string of the molecule is COc1ccc(NC(=O)c2cc(N3CCOCC3)nc(C)n2)cc1. The lowest BCUT2D eigenvalue weighted by molar-refractivity contribution is 0.102. The molecule has 1 amide bonds. The van der Waals surface area contributed by atoms with Crippen molar-refractivity contribution in [2.24, 2.45) is 0 Å². The van der Waals surface area contributed by atoms with Crippen LogP contribution in [0.1, 0.15) is 16.3 Å². The zero-order chi connectivity index (χ0) is 16.9. The highest BCUT2D eigenvalue weighted by molar-refractivity contribution is 6.03. The molecule has 1 aromatic heterocycles. The first-order chi connectivity index (χ1) is 11.7. The molecule has 2 heterocycles. The summed E-state index contributed by atoms with van der Waals surface area (Å²) >= 11 is 0. The summed E-state index contributed by atoms with van der Waals surface area (Å²) in [6.45, 7) is 4.63. The number of amides is 1. The number of anilines is 2. The molecule has 7 heteroatoms. The summed E-state index contributed by atoms with van der Waals surface area (Å²) in [6.07, 6.45) is 0. The molecule has 0 saturated carbocycles. The number of carbonyl (C=O) groups is 1. The number of aromatic nitrogens is 2. The first-order valence-electron chi connectivity index (χ1n) is 7.79. The summed E-state index contributed by atoms with van der Waals surface area (Å²) < 4.78 is 10.5. The summed E-state index contributed by atoms with van der Waals surface area (Å²) in [5.74, 6) is 1.80. The van der Waals surface area contributed by atoms with Crippen molar-refractivity contribution < 1.29 is 14.3 Å². The minimum absolute atomic E-state index is 0.264. The Morgan fingerprint density at radius 1 is 1.21 bits per heavy atom. The molecule has 0 unspecified atom stereocenters. The monoisotopic (exact) mass is 328 g/mol. The average Bonchev–Trinajstić information content (AvgIpc) is 2.62. The van der Waals surface area contributed by atoms with E-state index in [4.69, 9.17) is 9.47 Å². The Morgan fingerprint density at radius 3 is 2.58 bits per heavy atom. The molecule has 0 spiro atoms. The molecule has 1 saturated heterocycles. The molecule has 3 rings (SSSR count). The topological polar surface area (TPSA) is 76.6 Å². The molecular formula is C17H20N4O3. The molecule has 126 valence electrons. The highest BCUT2D eigenvalue weighted by Crippen LogP contribution is 2.18. The van der Waals surface area contributed by atoms with Crippen LogP contribution in [0.15, 0.2) is 30.3 Å². The Bertz CT molecular complexity index is 712. The van der Waals surface area contributed by atoms with Gasteiger partial charge in [0.15, 0.2) is 0 Å². The number of ether oxygens (including phenoxy) is 2. The molecule has 2 aromatic rings. The largest absolute Gasteiger partial charge is 0.497 e. The minimum Gasteiger partial charge on any atom is -0.497 e. The van der Waals surface area contributed by atoms with Crippen LogP contribution < -0.4 is 15.0 Å². The van der Waals surface area contributed by atoms with Crippen molar-refractivity contribution in [3.05, 3.63) is 41.9 Å². The van der Waals surface area contributed by atoms with Crippen LogP contribution in [0, 0.1) is 6.92 Å². The van der Waals surface area contributed by atoms with Crippen LogP contribution in [0.4, 0.5) is 11.5 Å². The number of carbonyl (C=O) groups excluding carboxylic acids is 1. The second-order valence-corrected chi connectivity index (χ2v) is 5.44. The van der Waals surface area contributed by atoms with E-state index in [1.807, 2.05) is 0 Å². The third-order valence-corrected chi connectivity index (χ3v) is 3.74. The summed E-state index contributed by atoms with van der Waals surface area (Å²) in [6, 6.07) is 8.87. The third kappa shape index (κ3) is 3.80. The van der Waals surface area contributed by atoms with Crippen LogP contribution >= 0.6 is 0 Å². The molecule has 0 atom stereocenters. The minimum atomic E-state index is -0.264. The molecule has 0 bridgehead atoms. The van der Waals surface area contributed by atoms with Crippen LogP contribution in [0.3, 0.4) is 0 Å². The zero-order valence-electron chi connectivity index (χ0n) is 13.8. The predicted molar refractivity (Wildman–Crippen MR) is 90.7 cm³/mol. The van der Waals surface area contributed by atoms with Gasteiger partial charge in [-0.25, -0.2) is 9.97 Å². The van der Waals surface area contributed by atoms with Gasteiger partial charge in [0.1, 0.15) is 23.1 Å². The van der Waals surface area contributed by atoms with E-state index in [1.165, 1.54) is 0 Å². The van der Waals surface area contributed by atoms with Gasteiger partial charge in [-0.05, 0) is 31.2 Å². The van der Waals surface area contributed by atoms with E-state index in [1.54, 1.807) is 44.4 Å². The summed E-state index contributed by atoms with van der Waals surface area (Å²) in [5, 5.41) is 2.84. The van der Waals surface area contributed by atoms with Crippen molar-refractivity contribution in [3.8, 4) is 5.75 Å². The number of morpholine rings is 1. The standard InChI is InChI=1S/C17H20N4O3/c1-12-18-15(11-16(19-12)21-7-9-24-10-8-21)17(22)20-13-3-5-14(23-2)6-4-13/h3-6,11H,7-10H2,1-2H3,(H,20,22). The molecule has 0 radical (unpaired) electrons. The lowest BCUT2D eigenvalue weighted by Crippen LogP contribution is -2.37. The van der Waals surface area contributed by atoms with Crippen LogP contribution in [-0.2, 0) is 4.74 Å². The number of nitrogens with zero attached hydrogens (tertiary/aromatic N) is 3. The maximum Gasteiger partial charge on any atom is 0.274 e. The van der Waals surface area contributed by atoms with Gasteiger partial charge in [0.25, 0.3) is 5.91 Å². The number of hydrogen-bond donors (Lipinski definition) is 1. The number of hydrogen-bond acceptors (Lipinski definition) is 6. The number of nitrogens with one attached hydrogen (secondary N) is 1. The highest BCUT2D eigenvalue weighted by Gasteiger charge is 2.17. The quantitative estimate of drug-likeness (QED) is 0.923. The van der Waals surface area contributed by atoms with E-state index in [-0.39, 0.29) is 5.91 Å². The van der Waals surface area contributed by atoms with Crippen molar-refractivity contribution in [1.82, 2.24) is 9.97 Å². The second-order valence-electron chi connectivity index (χ2n) is 5.44. The molecule has 0 aliphatic carbocycles. The van der Waals surface area contributed by atoms with Crippen LogP contribution in [-0.4, -0.2) is 49.3 Å². The first-order valence-corrected chi connectivity index (χ1v) is 7.79. The van der Waals surface area contributed by atoms with E-state index in [0.717, 1.165) is 24.7 Å². The Balaban J connectivity index is 1.77. The van der Waals surface area contributed by atoms with Crippen molar-refractivity contribution in [2.75, 3.05) is 43.6 Å². The predicted octanol–water partition coefficient (Wildman–Crippen LogP) is 1.88. The molecule has 7 nitrogen and oxygen atoms in total. The molecule has 1 aromatic carbocycles. The van der Waals surface area contributed by atoms with E-state index in [0.29, 0.717) is 30.4 Å². The zero-order valence-corrected chi connectivity index (χ0v) is 13.8. The second kappa shape index (κ2) is 7.27. The number of rotatable bonds is 4. The fourth-order valence-electron chi connectivity index (χ4n) is 2.49.